The normalized spacial score (nSPS) is 14.6. The number of amides is 2. The van der Waals surface area contributed by atoms with Crippen LogP contribution in [0.15, 0.2) is 72.8 Å². The van der Waals surface area contributed by atoms with Crippen molar-refractivity contribution >= 4 is 58.0 Å². The largest absolute Gasteiger partial charge is 0.494 e. The molecule has 0 unspecified atom stereocenters. The van der Waals surface area contributed by atoms with Crippen LogP contribution in [0.4, 0.5) is 0 Å². The number of piperidine rings is 1. The first-order valence-electron chi connectivity index (χ1n) is 13.0. The first-order chi connectivity index (χ1) is 19.7. The molecule has 0 saturated carbocycles. The van der Waals surface area contributed by atoms with Crippen molar-refractivity contribution in [3.05, 3.63) is 98.3 Å². The second-order valence-corrected chi connectivity index (χ2v) is 12.2. The van der Waals surface area contributed by atoms with Crippen LogP contribution >= 0.6 is 46.1 Å². The monoisotopic (exact) mass is 627 g/mol. The summed E-state index contributed by atoms with van der Waals surface area (Å²) in [6.45, 7) is 1.22. The van der Waals surface area contributed by atoms with Gasteiger partial charge in [-0.2, -0.15) is 0 Å². The molecule has 0 aliphatic carbocycles. The van der Waals surface area contributed by atoms with Gasteiger partial charge >= 0.3 is 0 Å². The van der Waals surface area contributed by atoms with Crippen LogP contribution in [-0.4, -0.2) is 42.5 Å². The predicted octanol–water partition coefficient (Wildman–Crippen LogP) is 7.30. The van der Waals surface area contributed by atoms with E-state index in [4.69, 9.17) is 45.3 Å². The van der Waals surface area contributed by atoms with Gasteiger partial charge in [-0.1, -0.05) is 83.3 Å². The molecule has 1 saturated heterocycles. The van der Waals surface area contributed by atoms with E-state index in [2.05, 4.69) is 5.32 Å². The lowest BCUT2D eigenvalue weighted by molar-refractivity contribution is -0.126. The molecule has 0 bridgehead atoms. The van der Waals surface area contributed by atoms with E-state index in [9.17, 15) is 9.59 Å². The van der Waals surface area contributed by atoms with Gasteiger partial charge in [0.15, 0.2) is 5.75 Å². The molecule has 0 atom stereocenters. The Hall–Kier alpha value is -3.07. The maximum atomic E-state index is 14.0. The molecule has 6 nitrogen and oxygen atoms in total. The molecular weight excluding hydrogens is 601 g/mol. The first kappa shape index (κ1) is 29.4. The van der Waals surface area contributed by atoms with Crippen LogP contribution in [0, 0.1) is 0 Å². The zero-order chi connectivity index (χ0) is 29.1. The standard InChI is InChI=1S/C31H28Cl3N3O3S/c1-40-26-25(20-7-9-21(32)10-8-20)27(23-12-11-22(33)17-24(23)34)41-28(26)29(38)37-15-13-31(14-16-37,30(35)39)36-18-19-5-3-2-4-6-19/h2-12,17,36H,13-16,18H2,1H3,(H2,35,39). The second-order valence-electron chi connectivity index (χ2n) is 9.88. The number of halogens is 3. The summed E-state index contributed by atoms with van der Waals surface area (Å²) in [5.74, 6) is -0.143. The highest BCUT2D eigenvalue weighted by Crippen LogP contribution is 2.50. The number of carbonyl (C=O) groups is 2. The third-order valence-electron chi connectivity index (χ3n) is 7.42. The number of nitrogens with two attached hydrogens (primary N) is 1. The third-order valence-corrected chi connectivity index (χ3v) is 9.41. The smallest absolute Gasteiger partial charge is 0.267 e. The van der Waals surface area contributed by atoms with E-state index in [1.807, 2.05) is 48.5 Å². The van der Waals surface area contributed by atoms with Gasteiger partial charge in [-0.05, 0) is 48.2 Å². The number of benzene rings is 3. The molecule has 1 aliphatic rings. The van der Waals surface area contributed by atoms with Crippen LogP contribution in [0.25, 0.3) is 21.6 Å². The van der Waals surface area contributed by atoms with Gasteiger partial charge < -0.3 is 15.4 Å². The van der Waals surface area contributed by atoms with Crippen LogP contribution in [0.5, 0.6) is 5.75 Å². The Balaban J connectivity index is 1.46. The van der Waals surface area contributed by atoms with Crippen molar-refractivity contribution in [2.24, 2.45) is 5.73 Å². The predicted molar refractivity (Wildman–Crippen MR) is 167 cm³/mol. The Bertz CT molecular complexity index is 1570. The SMILES string of the molecule is COc1c(C(=O)N2CCC(NCc3ccccc3)(C(N)=O)CC2)sc(-c2ccc(Cl)cc2Cl)c1-c1ccc(Cl)cc1. The van der Waals surface area contributed by atoms with Gasteiger partial charge in [0.05, 0.1) is 12.1 Å². The number of nitrogens with zero attached hydrogens (tertiary/aromatic N) is 1. The Morgan fingerprint density at radius 2 is 1.63 bits per heavy atom. The number of primary amides is 1. The summed E-state index contributed by atoms with van der Waals surface area (Å²) in [5.41, 5.74) is 8.35. The topological polar surface area (TPSA) is 84.7 Å². The number of carbonyl (C=O) groups excluding carboxylic acids is 2. The average molecular weight is 629 g/mol. The summed E-state index contributed by atoms with van der Waals surface area (Å²) in [5, 5.41) is 4.94. The van der Waals surface area contributed by atoms with Crippen molar-refractivity contribution in [1.82, 2.24) is 10.2 Å². The van der Waals surface area contributed by atoms with E-state index in [1.54, 1.807) is 36.3 Å². The van der Waals surface area contributed by atoms with Crippen molar-refractivity contribution in [1.29, 1.82) is 0 Å². The Morgan fingerprint density at radius 1 is 0.976 bits per heavy atom. The van der Waals surface area contributed by atoms with Crippen molar-refractivity contribution in [2.75, 3.05) is 20.2 Å². The molecule has 1 aliphatic heterocycles. The number of rotatable bonds is 8. The number of hydrogen-bond acceptors (Lipinski definition) is 5. The fraction of sp³-hybridized carbons (Fsp3) is 0.226. The molecule has 5 rings (SSSR count). The number of likely N-dealkylation sites (tertiary alicyclic amines) is 1. The molecule has 1 aromatic heterocycles. The van der Waals surface area contributed by atoms with Gasteiger partial charge in [-0.15, -0.1) is 11.3 Å². The summed E-state index contributed by atoms with van der Waals surface area (Å²) >= 11 is 20.3. The van der Waals surface area contributed by atoms with E-state index in [-0.39, 0.29) is 5.91 Å². The molecule has 41 heavy (non-hydrogen) atoms. The zero-order valence-corrected chi connectivity index (χ0v) is 25.3. The van der Waals surface area contributed by atoms with E-state index < -0.39 is 11.4 Å². The van der Waals surface area contributed by atoms with Gasteiger partial charge in [0.2, 0.25) is 5.91 Å². The minimum atomic E-state index is -0.900. The maximum Gasteiger partial charge on any atom is 0.267 e. The van der Waals surface area contributed by atoms with E-state index >= 15 is 0 Å². The number of thiophene rings is 1. The number of ether oxygens (including phenoxy) is 1. The van der Waals surface area contributed by atoms with Crippen LogP contribution in [-0.2, 0) is 11.3 Å². The lowest BCUT2D eigenvalue weighted by Gasteiger charge is -2.40. The fourth-order valence-electron chi connectivity index (χ4n) is 5.11. The van der Waals surface area contributed by atoms with Crippen molar-refractivity contribution in [3.63, 3.8) is 0 Å². The third kappa shape index (κ3) is 6.10. The van der Waals surface area contributed by atoms with Crippen LogP contribution in [0.3, 0.4) is 0 Å². The number of nitrogens with one attached hydrogen (secondary N) is 1. The highest BCUT2D eigenvalue weighted by Gasteiger charge is 2.41. The Kier molecular flexibility index (Phi) is 8.92. The van der Waals surface area contributed by atoms with Crippen LogP contribution < -0.4 is 15.8 Å². The zero-order valence-electron chi connectivity index (χ0n) is 22.3. The fourth-order valence-corrected chi connectivity index (χ4v) is 7.09. The van der Waals surface area contributed by atoms with E-state index in [0.717, 1.165) is 27.1 Å². The highest BCUT2D eigenvalue weighted by atomic mass is 35.5. The van der Waals surface area contributed by atoms with E-state index in [1.165, 1.54) is 11.3 Å². The van der Waals surface area contributed by atoms with Crippen molar-refractivity contribution < 1.29 is 14.3 Å². The van der Waals surface area contributed by atoms with Gasteiger partial charge in [-0.25, -0.2) is 0 Å². The molecular formula is C31H28Cl3N3O3S. The van der Waals surface area contributed by atoms with Crippen LogP contribution in [0.2, 0.25) is 15.1 Å². The molecule has 2 heterocycles. The molecule has 3 aromatic carbocycles. The summed E-state index contributed by atoms with van der Waals surface area (Å²) in [6, 6.07) is 22.5. The van der Waals surface area contributed by atoms with Gasteiger partial charge in [0, 0.05) is 45.7 Å². The molecule has 4 aromatic rings. The first-order valence-corrected chi connectivity index (χ1v) is 15.0. The van der Waals surface area contributed by atoms with Gasteiger partial charge in [0.1, 0.15) is 10.4 Å². The summed E-state index contributed by atoms with van der Waals surface area (Å²) < 4.78 is 5.88. The Labute approximate surface area is 258 Å². The Morgan fingerprint density at radius 3 is 2.24 bits per heavy atom. The maximum absolute atomic E-state index is 14.0. The molecule has 0 radical (unpaired) electrons. The quantitative estimate of drug-likeness (QED) is 0.214. The van der Waals surface area contributed by atoms with Crippen molar-refractivity contribution in [2.45, 2.75) is 24.9 Å². The molecule has 3 N–H and O–H groups in total. The summed E-state index contributed by atoms with van der Waals surface area (Å²) in [4.78, 5) is 29.6. The van der Waals surface area contributed by atoms with Crippen molar-refractivity contribution in [3.8, 4) is 27.3 Å². The molecule has 0 spiro atoms. The molecule has 1 fully saturated rings. The highest BCUT2D eigenvalue weighted by molar-refractivity contribution is 7.18. The van der Waals surface area contributed by atoms with Crippen LogP contribution in [0.1, 0.15) is 28.1 Å². The minimum Gasteiger partial charge on any atom is -0.494 e. The lowest BCUT2D eigenvalue weighted by Crippen LogP contribution is -2.61. The average Bonchev–Trinajstić information content (AvgIpc) is 3.36. The summed E-state index contributed by atoms with van der Waals surface area (Å²) in [6.07, 6.45) is 0.795. The number of methoxy groups -OCH3 is 1. The van der Waals surface area contributed by atoms with Gasteiger partial charge in [-0.3, -0.25) is 14.9 Å². The van der Waals surface area contributed by atoms with Gasteiger partial charge in [0.25, 0.3) is 5.91 Å². The molecule has 10 heteroatoms. The summed E-state index contributed by atoms with van der Waals surface area (Å²) in [7, 11) is 1.55. The molecule has 2 amide bonds. The lowest BCUT2D eigenvalue weighted by atomic mass is 9.86. The number of hydrogen-bond donors (Lipinski definition) is 2. The molecule has 212 valence electrons. The van der Waals surface area contributed by atoms with E-state index in [0.29, 0.717) is 58.2 Å². The minimum absolute atomic E-state index is 0.181. The second kappa shape index (κ2) is 12.4.